The quantitative estimate of drug-likeness (QED) is 0.677. The average Bonchev–Trinajstić information content (AvgIpc) is 2.17. The van der Waals surface area contributed by atoms with Crippen LogP contribution in [0.2, 0.25) is 0 Å². The van der Waals surface area contributed by atoms with E-state index in [0.29, 0.717) is 19.3 Å². The molecule has 0 aromatic heterocycles. The molecule has 0 radical (unpaired) electrons. The van der Waals surface area contributed by atoms with Gasteiger partial charge in [0.2, 0.25) is 0 Å². The van der Waals surface area contributed by atoms with Crippen molar-refractivity contribution in [3.05, 3.63) is 0 Å². The van der Waals surface area contributed by atoms with Crippen LogP contribution in [0.4, 0.5) is 4.39 Å². The molecule has 1 aliphatic carbocycles. The van der Waals surface area contributed by atoms with Gasteiger partial charge in [0.1, 0.15) is 5.78 Å². The second-order valence-electron chi connectivity index (χ2n) is 5.26. The fourth-order valence-corrected chi connectivity index (χ4v) is 2.26. The van der Waals surface area contributed by atoms with Crippen molar-refractivity contribution in [3.8, 4) is 0 Å². The van der Waals surface area contributed by atoms with Crippen molar-refractivity contribution in [3.63, 3.8) is 0 Å². The molecule has 0 aromatic rings. The smallest absolute Gasteiger partial charge is 0.177 e. The van der Waals surface area contributed by atoms with Crippen molar-refractivity contribution in [1.29, 1.82) is 0 Å². The number of rotatable bonds is 5. The van der Waals surface area contributed by atoms with Crippen LogP contribution < -0.4 is 0 Å². The van der Waals surface area contributed by atoms with Gasteiger partial charge < -0.3 is 0 Å². The van der Waals surface area contributed by atoms with Gasteiger partial charge in [-0.05, 0) is 31.6 Å². The van der Waals surface area contributed by atoms with E-state index in [9.17, 15) is 14.0 Å². The van der Waals surface area contributed by atoms with Crippen molar-refractivity contribution < 1.29 is 14.0 Å². The Labute approximate surface area is 96.6 Å². The van der Waals surface area contributed by atoms with Gasteiger partial charge in [-0.3, -0.25) is 9.59 Å². The zero-order chi connectivity index (χ0) is 12.2. The molecular weight excluding hydrogens is 207 g/mol. The van der Waals surface area contributed by atoms with Gasteiger partial charge in [-0.25, -0.2) is 4.39 Å². The molecule has 0 saturated heterocycles. The number of halogens is 1. The number of hydrogen-bond acceptors (Lipinski definition) is 2. The van der Waals surface area contributed by atoms with E-state index in [1.54, 1.807) is 0 Å². The summed E-state index contributed by atoms with van der Waals surface area (Å²) in [5.74, 6) is -0.373. The standard InChI is InChI=1S/C13H21FO2/c1-10(2)8-11(15)9-12(16)13(14)6-4-3-5-7-13/h10H,3-9H2,1-2H3. The number of carbonyl (C=O) groups excluding carboxylic acids is 2. The molecule has 3 heteroatoms. The molecule has 0 heterocycles. The summed E-state index contributed by atoms with van der Waals surface area (Å²) in [6.45, 7) is 3.85. The topological polar surface area (TPSA) is 34.1 Å². The first-order valence-corrected chi connectivity index (χ1v) is 6.18. The lowest BCUT2D eigenvalue weighted by atomic mass is 9.81. The van der Waals surface area contributed by atoms with Gasteiger partial charge in [0.15, 0.2) is 11.5 Å². The number of carbonyl (C=O) groups is 2. The van der Waals surface area contributed by atoms with E-state index in [1.165, 1.54) is 0 Å². The van der Waals surface area contributed by atoms with Gasteiger partial charge >= 0.3 is 0 Å². The van der Waals surface area contributed by atoms with Gasteiger partial charge in [-0.1, -0.05) is 20.3 Å². The number of hydrogen-bond donors (Lipinski definition) is 0. The molecule has 0 spiro atoms. The van der Waals surface area contributed by atoms with Crippen LogP contribution >= 0.6 is 0 Å². The number of ketones is 2. The zero-order valence-corrected chi connectivity index (χ0v) is 10.2. The van der Waals surface area contributed by atoms with E-state index < -0.39 is 11.5 Å². The van der Waals surface area contributed by atoms with Crippen molar-refractivity contribution in [1.82, 2.24) is 0 Å². The second kappa shape index (κ2) is 5.55. The zero-order valence-electron chi connectivity index (χ0n) is 10.2. The molecule has 0 amide bonds. The van der Waals surface area contributed by atoms with E-state index in [4.69, 9.17) is 0 Å². The summed E-state index contributed by atoms with van der Waals surface area (Å²) in [5.41, 5.74) is -1.70. The first-order chi connectivity index (χ1) is 7.44. The molecule has 0 aromatic carbocycles. The predicted octanol–water partition coefficient (Wildman–Crippen LogP) is 3.23. The molecule has 16 heavy (non-hydrogen) atoms. The van der Waals surface area contributed by atoms with Crippen molar-refractivity contribution in [2.24, 2.45) is 5.92 Å². The van der Waals surface area contributed by atoms with E-state index in [1.807, 2.05) is 13.8 Å². The molecular formula is C13H21FO2. The maximum Gasteiger partial charge on any atom is 0.177 e. The van der Waals surface area contributed by atoms with Gasteiger partial charge in [-0.2, -0.15) is 0 Å². The molecule has 1 aliphatic rings. The minimum atomic E-state index is -1.70. The van der Waals surface area contributed by atoms with Crippen LogP contribution in [0.25, 0.3) is 0 Å². The summed E-state index contributed by atoms with van der Waals surface area (Å²) in [4.78, 5) is 23.2. The number of Topliss-reactive ketones (excluding diaryl/α,β-unsaturated/α-hetero) is 2. The normalized spacial score (nSPS) is 19.8. The third-order valence-electron chi connectivity index (χ3n) is 3.14. The van der Waals surface area contributed by atoms with Crippen LogP contribution in [0.5, 0.6) is 0 Å². The van der Waals surface area contributed by atoms with Crippen LogP contribution in [-0.4, -0.2) is 17.2 Å². The molecule has 92 valence electrons. The summed E-state index contributed by atoms with van der Waals surface area (Å²) >= 11 is 0. The van der Waals surface area contributed by atoms with E-state index >= 15 is 0 Å². The van der Waals surface area contributed by atoms with Crippen LogP contribution in [0.1, 0.15) is 58.8 Å². The summed E-state index contributed by atoms with van der Waals surface area (Å²) in [7, 11) is 0. The van der Waals surface area contributed by atoms with Gasteiger partial charge in [0, 0.05) is 6.42 Å². The Morgan fingerprint density at radius 1 is 1.19 bits per heavy atom. The molecule has 1 saturated carbocycles. The van der Waals surface area contributed by atoms with E-state index in [2.05, 4.69) is 0 Å². The summed E-state index contributed by atoms with van der Waals surface area (Å²) < 4.78 is 14.2. The minimum Gasteiger partial charge on any atom is -0.299 e. The van der Waals surface area contributed by atoms with Crippen LogP contribution in [0, 0.1) is 5.92 Å². The molecule has 1 rings (SSSR count). The Hall–Kier alpha value is -0.730. The van der Waals surface area contributed by atoms with Crippen molar-refractivity contribution in [2.75, 3.05) is 0 Å². The molecule has 0 unspecified atom stereocenters. The van der Waals surface area contributed by atoms with Crippen LogP contribution in [-0.2, 0) is 9.59 Å². The lowest BCUT2D eigenvalue weighted by Gasteiger charge is -2.27. The average molecular weight is 228 g/mol. The maximum absolute atomic E-state index is 14.2. The highest BCUT2D eigenvalue weighted by molar-refractivity contribution is 6.03. The molecule has 2 nitrogen and oxygen atoms in total. The fourth-order valence-electron chi connectivity index (χ4n) is 2.26. The first-order valence-electron chi connectivity index (χ1n) is 6.18. The summed E-state index contributed by atoms with van der Waals surface area (Å²) in [6.07, 6.45) is 3.30. The first kappa shape index (κ1) is 13.3. The highest BCUT2D eigenvalue weighted by Gasteiger charge is 2.39. The largest absolute Gasteiger partial charge is 0.299 e. The second-order valence-corrected chi connectivity index (χ2v) is 5.26. The van der Waals surface area contributed by atoms with E-state index in [0.717, 1.165) is 19.3 Å². The van der Waals surface area contributed by atoms with Crippen molar-refractivity contribution >= 4 is 11.6 Å². The third kappa shape index (κ3) is 3.69. The summed E-state index contributed by atoms with van der Waals surface area (Å²) in [5, 5.41) is 0. The molecule has 0 bridgehead atoms. The minimum absolute atomic E-state index is 0.123. The van der Waals surface area contributed by atoms with Crippen molar-refractivity contribution in [2.45, 2.75) is 64.5 Å². The van der Waals surface area contributed by atoms with Gasteiger partial charge in [-0.15, -0.1) is 0 Å². The Balaban J connectivity index is 2.47. The lowest BCUT2D eigenvalue weighted by molar-refractivity contribution is -0.136. The Morgan fingerprint density at radius 2 is 1.75 bits per heavy atom. The van der Waals surface area contributed by atoms with Gasteiger partial charge in [0.05, 0.1) is 6.42 Å². The van der Waals surface area contributed by atoms with Crippen LogP contribution in [0.3, 0.4) is 0 Å². The highest BCUT2D eigenvalue weighted by Crippen LogP contribution is 2.33. The monoisotopic (exact) mass is 228 g/mol. The summed E-state index contributed by atoms with van der Waals surface area (Å²) in [6, 6.07) is 0. The highest BCUT2D eigenvalue weighted by atomic mass is 19.1. The van der Waals surface area contributed by atoms with E-state index in [-0.39, 0.29) is 18.1 Å². The van der Waals surface area contributed by atoms with Gasteiger partial charge in [0.25, 0.3) is 0 Å². The number of alkyl halides is 1. The fraction of sp³-hybridized carbons (Fsp3) is 0.846. The third-order valence-corrected chi connectivity index (χ3v) is 3.14. The molecule has 1 fully saturated rings. The predicted molar refractivity (Wildman–Crippen MR) is 61.0 cm³/mol. The maximum atomic E-state index is 14.2. The SMILES string of the molecule is CC(C)CC(=O)CC(=O)C1(F)CCCCC1. The Bertz CT molecular complexity index is 265. The lowest BCUT2D eigenvalue weighted by Crippen LogP contribution is -2.37. The molecule has 0 atom stereocenters. The molecule has 0 N–H and O–H groups in total. The van der Waals surface area contributed by atoms with Crippen LogP contribution in [0.15, 0.2) is 0 Å². The molecule has 0 aliphatic heterocycles. The Kier molecular flexibility index (Phi) is 4.63. The Morgan fingerprint density at radius 3 is 2.25 bits per heavy atom.